The van der Waals surface area contributed by atoms with Gasteiger partial charge in [-0.3, -0.25) is 0 Å². The lowest BCUT2D eigenvalue weighted by molar-refractivity contribution is 0.0790. The summed E-state index contributed by atoms with van der Waals surface area (Å²) >= 11 is 0. The van der Waals surface area contributed by atoms with E-state index in [1.54, 1.807) is 7.11 Å². The summed E-state index contributed by atoms with van der Waals surface area (Å²) in [4.78, 5) is 0. The van der Waals surface area contributed by atoms with Crippen molar-refractivity contribution in [2.24, 2.45) is 0 Å². The molecule has 2 aromatic carbocycles. The molecule has 3 heteroatoms. The lowest BCUT2D eigenvalue weighted by Gasteiger charge is -2.30. The zero-order chi connectivity index (χ0) is 14.7. The Balaban J connectivity index is 1.81. The Morgan fingerprint density at radius 1 is 1.14 bits per heavy atom. The highest BCUT2D eigenvalue weighted by Crippen LogP contribution is 2.30. The van der Waals surface area contributed by atoms with Gasteiger partial charge >= 0.3 is 0 Å². The molecule has 0 bridgehead atoms. The predicted octanol–water partition coefficient (Wildman–Crippen LogP) is 3.62. The third-order valence-electron chi connectivity index (χ3n) is 4.03. The van der Waals surface area contributed by atoms with Gasteiger partial charge in [0.15, 0.2) is 0 Å². The molecule has 3 nitrogen and oxygen atoms in total. The molecule has 1 unspecified atom stereocenters. The molecule has 0 fully saturated rings. The molecule has 110 valence electrons. The van der Waals surface area contributed by atoms with Gasteiger partial charge < -0.3 is 14.8 Å². The van der Waals surface area contributed by atoms with Crippen LogP contribution in [0.25, 0.3) is 0 Å². The third-order valence-corrected chi connectivity index (χ3v) is 4.03. The topological polar surface area (TPSA) is 30.5 Å². The summed E-state index contributed by atoms with van der Waals surface area (Å²) in [5, 5.41) is 3.66. The van der Waals surface area contributed by atoms with E-state index in [0.717, 1.165) is 5.75 Å². The number of hydrogen-bond acceptors (Lipinski definition) is 3. The monoisotopic (exact) mass is 283 g/mol. The van der Waals surface area contributed by atoms with Crippen LogP contribution in [0.4, 0.5) is 0 Å². The van der Waals surface area contributed by atoms with E-state index in [0.29, 0.717) is 13.2 Å². The Labute approximate surface area is 125 Å². The van der Waals surface area contributed by atoms with Crippen molar-refractivity contribution in [3.8, 4) is 5.75 Å². The number of fused-ring (bicyclic) bond motifs is 1. The first-order valence-electron chi connectivity index (χ1n) is 7.34. The number of rotatable bonds is 4. The quantitative estimate of drug-likeness (QED) is 0.929. The number of methoxy groups -OCH3 is 1. The maximum atomic E-state index is 5.71. The third kappa shape index (κ3) is 2.94. The Bertz CT molecular complexity index is 612. The van der Waals surface area contributed by atoms with E-state index in [9.17, 15) is 0 Å². The van der Waals surface area contributed by atoms with Gasteiger partial charge in [0.2, 0.25) is 0 Å². The van der Waals surface area contributed by atoms with Crippen molar-refractivity contribution >= 4 is 0 Å². The number of hydrogen-bond donors (Lipinski definition) is 1. The van der Waals surface area contributed by atoms with Gasteiger partial charge in [-0.25, -0.2) is 0 Å². The lowest BCUT2D eigenvalue weighted by Crippen LogP contribution is -2.31. The second-order valence-electron chi connectivity index (χ2n) is 5.40. The van der Waals surface area contributed by atoms with Crippen LogP contribution in [0.5, 0.6) is 5.75 Å². The van der Waals surface area contributed by atoms with Gasteiger partial charge in [-0.2, -0.15) is 0 Å². The molecule has 0 saturated heterocycles. The van der Waals surface area contributed by atoms with Crippen LogP contribution in [-0.2, 0) is 11.3 Å². The Morgan fingerprint density at radius 3 is 2.76 bits per heavy atom. The summed E-state index contributed by atoms with van der Waals surface area (Å²) in [5.74, 6) is 0.919. The van der Waals surface area contributed by atoms with Crippen molar-refractivity contribution < 1.29 is 9.47 Å². The highest BCUT2D eigenvalue weighted by molar-refractivity contribution is 5.36. The smallest absolute Gasteiger partial charge is 0.123 e. The van der Waals surface area contributed by atoms with E-state index in [1.165, 1.54) is 16.7 Å². The lowest BCUT2D eigenvalue weighted by atomic mass is 9.97. The van der Waals surface area contributed by atoms with Crippen molar-refractivity contribution in [1.29, 1.82) is 0 Å². The zero-order valence-electron chi connectivity index (χ0n) is 12.5. The molecule has 0 aromatic heterocycles. The van der Waals surface area contributed by atoms with Gasteiger partial charge in [0.1, 0.15) is 5.75 Å². The van der Waals surface area contributed by atoms with Crippen LogP contribution in [-0.4, -0.2) is 13.7 Å². The molecule has 3 rings (SSSR count). The van der Waals surface area contributed by atoms with Crippen LogP contribution in [0, 0.1) is 0 Å². The molecule has 0 radical (unpaired) electrons. The SMILES string of the molecule is COc1ccccc1[C@H](C)NC1COCc2ccccc21. The van der Waals surface area contributed by atoms with Crippen LogP contribution in [0.15, 0.2) is 48.5 Å². The van der Waals surface area contributed by atoms with Gasteiger partial charge in [0.05, 0.1) is 26.4 Å². The first-order chi connectivity index (χ1) is 10.3. The Hall–Kier alpha value is -1.84. The van der Waals surface area contributed by atoms with Crippen LogP contribution >= 0.6 is 0 Å². The average Bonchev–Trinajstić information content (AvgIpc) is 2.55. The fourth-order valence-corrected chi connectivity index (χ4v) is 2.94. The summed E-state index contributed by atoms with van der Waals surface area (Å²) in [6, 6.07) is 17.0. The largest absolute Gasteiger partial charge is 0.496 e. The summed E-state index contributed by atoms with van der Waals surface area (Å²) in [6.07, 6.45) is 0. The highest BCUT2D eigenvalue weighted by atomic mass is 16.5. The second kappa shape index (κ2) is 6.29. The molecule has 0 amide bonds. The van der Waals surface area contributed by atoms with Crippen LogP contribution in [0.3, 0.4) is 0 Å². The normalized spacial score (nSPS) is 18.9. The maximum absolute atomic E-state index is 5.71. The van der Waals surface area contributed by atoms with E-state index in [2.05, 4.69) is 42.6 Å². The van der Waals surface area contributed by atoms with Crippen LogP contribution in [0.1, 0.15) is 35.7 Å². The van der Waals surface area contributed by atoms with Crippen LogP contribution < -0.4 is 10.1 Å². The molecule has 0 spiro atoms. The Kier molecular flexibility index (Phi) is 4.23. The van der Waals surface area contributed by atoms with E-state index < -0.39 is 0 Å². The van der Waals surface area contributed by atoms with E-state index in [-0.39, 0.29) is 12.1 Å². The molecule has 2 atom stereocenters. The fourth-order valence-electron chi connectivity index (χ4n) is 2.94. The zero-order valence-corrected chi connectivity index (χ0v) is 12.5. The maximum Gasteiger partial charge on any atom is 0.123 e. The number of para-hydroxylation sites is 1. The number of benzene rings is 2. The first kappa shape index (κ1) is 14.1. The predicted molar refractivity (Wildman–Crippen MR) is 83.4 cm³/mol. The van der Waals surface area contributed by atoms with E-state index >= 15 is 0 Å². The molecule has 0 aliphatic carbocycles. The summed E-state index contributed by atoms with van der Waals surface area (Å²) in [5.41, 5.74) is 3.78. The molecular weight excluding hydrogens is 262 g/mol. The minimum atomic E-state index is 0.195. The Morgan fingerprint density at radius 2 is 1.90 bits per heavy atom. The fraction of sp³-hybridized carbons (Fsp3) is 0.333. The van der Waals surface area contributed by atoms with Gasteiger partial charge in [-0.1, -0.05) is 42.5 Å². The summed E-state index contributed by atoms with van der Waals surface area (Å²) in [6.45, 7) is 3.57. The standard InChI is InChI=1S/C18H21NO2/c1-13(15-8-5-6-10-18(15)20-2)19-17-12-21-11-14-7-3-4-9-16(14)17/h3-10,13,17,19H,11-12H2,1-2H3/t13-,17?/m0/s1. The molecule has 2 aromatic rings. The van der Waals surface area contributed by atoms with Gasteiger partial charge in [0.25, 0.3) is 0 Å². The van der Waals surface area contributed by atoms with Gasteiger partial charge in [0, 0.05) is 11.6 Å². The molecule has 21 heavy (non-hydrogen) atoms. The van der Waals surface area contributed by atoms with Crippen molar-refractivity contribution in [3.05, 3.63) is 65.2 Å². The van der Waals surface area contributed by atoms with Crippen molar-refractivity contribution in [3.63, 3.8) is 0 Å². The molecule has 0 saturated carbocycles. The summed E-state index contributed by atoms with van der Waals surface area (Å²) < 4.78 is 11.2. The van der Waals surface area contributed by atoms with Gasteiger partial charge in [-0.15, -0.1) is 0 Å². The van der Waals surface area contributed by atoms with E-state index in [4.69, 9.17) is 9.47 Å². The minimum absolute atomic E-state index is 0.195. The first-order valence-corrected chi connectivity index (χ1v) is 7.34. The van der Waals surface area contributed by atoms with Crippen LogP contribution in [0.2, 0.25) is 0 Å². The molecule has 1 heterocycles. The van der Waals surface area contributed by atoms with Crippen molar-refractivity contribution in [2.75, 3.05) is 13.7 Å². The minimum Gasteiger partial charge on any atom is -0.496 e. The highest BCUT2D eigenvalue weighted by Gasteiger charge is 2.23. The molecular formula is C18H21NO2. The molecule has 1 aliphatic heterocycles. The van der Waals surface area contributed by atoms with E-state index in [1.807, 2.05) is 18.2 Å². The average molecular weight is 283 g/mol. The molecule has 1 N–H and O–H groups in total. The molecule has 1 aliphatic rings. The van der Waals surface area contributed by atoms with Crippen molar-refractivity contribution in [2.45, 2.75) is 25.6 Å². The number of ether oxygens (including phenoxy) is 2. The van der Waals surface area contributed by atoms with Gasteiger partial charge in [-0.05, 0) is 24.1 Å². The number of nitrogens with one attached hydrogen (secondary N) is 1. The second-order valence-corrected chi connectivity index (χ2v) is 5.40. The van der Waals surface area contributed by atoms with Crippen molar-refractivity contribution in [1.82, 2.24) is 5.32 Å². The summed E-state index contributed by atoms with van der Waals surface area (Å²) in [7, 11) is 1.71.